The number of carbonyl (C=O) groups is 2. The van der Waals surface area contributed by atoms with Crippen molar-refractivity contribution in [2.45, 2.75) is 46.2 Å². The zero-order valence-electron chi connectivity index (χ0n) is 12.6. The van der Waals surface area contributed by atoms with E-state index in [-0.39, 0.29) is 11.4 Å². The van der Waals surface area contributed by atoms with Gasteiger partial charge in [0.2, 0.25) is 5.91 Å². The largest absolute Gasteiger partial charge is 0.350 e. The van der Waals surface area contributed by atoms with Gasteiger partial charge in [-0.1, -0.05) is 6.07 Å². The Balaban J connectivity index is 2.54. The third-order valence-corrected chi connectivity index (χ3v) is 2.48. The van der Waals surface area contributed by atoms with Crippen LogP contribution >= 0.6 is 0 Å². The highest BCUT2D eigenvalue weighted by Gasteiger charge is 2.20. The quantitative estimate of drug-likeness (QED) is 0.788. The van der Waals surface area contributed by atoms with E-state index in [0.29, 0.717) is 5.82 Å². The van der Waals surface area contributed by atoms with E-state index in [4.69, 9.17) is 0 Å². The molecule has 0 radical (unpaired) electrons. The van der Waals surface area contributed by atoms with Gasteiger partial charge in [-0.3, -0.25) is 10.1 Å². The molecular formula is C14H22N4O2. The van der Waals surface area contributed by atoms with Crippen LogP contribution in [0.15, 0.2) is 18.3 Å². The number of carbonyl (C=O) groups excluding carboxylic acids is 2. The molecule has 0 aliphatic heterocycles. The summed E-state index contributed by atoms with van der Waals surface area (Å²) in [7, 11) is 0. The Kier molecular flexibility index (Phi) is 5.07. The second-order valence-electron chi connectivity index (χ2n) is 5.73. The molecule has 20 heavy (non-hydrogen) atoms. The Morgan fingerprint density at radius 2 is 1.95 bits per heavy atom. The van der Waals surface area contributed by atoms with Crippen LogP contribution in [-0.4, -0.2) is 28.5 Å². The highest BCUT2D eigenvalue weighted by molar-refractivity contribution is 5.93. The topological polar surface area (TPSA) is 83.1 Å². The van der Waals surface area contributed by atoms with Crippen molar-refractivity contribution < 1.29 is 9.59 Å². The van der Waals surface area contributed by atoms with Gasteiger partial charge >= 0.3 is 6.03 Å². The fourth-order valence-electron chi connectivity index (χ4n) is 1.50. The van der Waals surface area contributed by atoms with Crippen LogP contribution in [0.1, 0.15) is 33.3 Å². The lowest BCUT2D eigenvalue weighted by Gasteiger charge is -2.23. The summed E-state index contributed by atoms with van der Waals surface area (Å²) in [6.45, 7) is 9.13. The molecule has 3 N–H and O–H groups in total. The first kappa shape index (κ1) is 15.9. The summed E-state index contributed by atoms with van der Waals surface area (Å²) in [5.41, 5.74) is 0.524. The lowest BCUT2D eigenvalue weighted by atomic mass is 10.1. The lowest BCUT2D eigenvalue weighted by Crippen LogP contribution is -2.51. The number of rotatable bonds is 3. The monoisotopic (exact) mass is 278 g/mol. The van der Waals surface area contributed by atoms with E-state index < -0.39 is 12.1 Å². The normalized spacial score (nSPS) is 12.4. The van der Waals surface area contributed by atoms with E-state index >= 15 is 0 Å². The van der Waals surface area contributed by atoms with E-state index in [0.717, 1.165) is 5.56 Å². The predicted octanol–water partition coefficient (Wildman–Crippen LogP) is 1.81. The third kappa shape index (κ3) is 5.26. The number of aryl methyl sites for hydroxylation is 1. The molecule has 1 rings (SSSR count). The summed E-state index contributed by atoms with van der Waals surface area (Å²) in [6.07, 6.45) is 1.60. The maximum Gasteiger partial charge on any atom is 0.321 e. The fraction of sp³-hybridized carbons (Fsp3) is 0.500. The molecule has 0 aliphatic carbocycles. The van der Waals surface area contributed by atoms with Gasteiger partial charge in [0.15, 0.2) is 0 Å². The van der Waals surface area contributed by atoms with Gasteiger partial charge in [-0.15, -0.1) is 0 Å². The van der Waals surface area contributed by atoms with Crippen LogP contribution < -0.4 is 16.0 Å². The standard InChI is InChI=1S/C14H22N4O2/c1-9-7-6-8-15-11(9)17-13(20)16-10(2)12(19)18-14(3,4)5/h6-8,10H,1-5H3,(H,18,19)(H2,15,16,17,20)/t10-/m0/s1. The van der Waals surface area contributed by atoms with Crippen molar-refractivity contribution in [2.75, 3.05) is 5.32 Å². The minimum atomic E-state index is -0.627. The summed E-state index contributed by atoms with van der Waals surface area (Å²) in [6, 6.07) is 2.55. The van der Waals surface area contributed by atoms with Crippen molar-refractivity contribution in [2.24, 2.45) is 0 Å². The van der Waals surface area contributed by atoms with Crippen LogP contribution in [0.2, 0.25) is 0 Å². The van der Waals surface area contributed by atoms with E-state index in [1.807, 2.05) is 33.8 Å². The number of urea groups is 1. The van der Waals surface area contributed by atoms with E-state index in [1.165, 1.54) is 0 Å². The van der Waals surface area contributed by atoms with Gasteiger partial charge in [0.1, 0.15) is 11.9 Å². The molecule has 3 amide bonds. The van der Waals surface area contributed by atoms with Gasteiger partial charge in [-0.25, -0.2) is 9.78 Å². The minimum Gasteiger partial charge on any atom is -0.350 e. The fourth-order valence-corrected chi connectivity index (χ4v) is 1.50. The van der Waals surface area contributed by atoms with E-state index in [2.05, 4.69) is 20.9 Å². The number of amides is 3. The van der Waals surface area contributed by atoms with E-state index in [1.54, 1.807) is 19.2 Å². The number of pyridine rings is 1. The van der Waals surface area contributed by atoms with Gasteiger partial charge < -0.3 is 10.6 Å². The molecule has 0 saturated heterocycles. The zero-order valence-corrected chi connectivity index (χ0v) is 12.6. The van der Waals surface area contributed by atoms with Crippen molar-refractivity contribution in [3.8, 4) is 0 Å². The summed E-state index contributed by atoms with van der Waals surface area (Å²) in [5, 5.41) is 8.00. The van der Waals surface area contributed by atoms with Crippen molar-refractivity contribution >= 4 is 17.8 Å². The Bertz CT molecular complexity index is 494. The molecule has 1 atom stereocenters. The molecule has 1 aromatic heterocycles. The number of aromatic nitrogens is 1. The number of nitrogens with one attached hydrogen (secondary N) is 3. The third-order valence-electron chi connectivity index (χ3n) is 2.48. The van der Waals surface area contributed by atoms with Crippen molar-refractivity contribution in [1.29, 1.82) is 0 Å². The smallest absolute Gasteiger partial charge is 0.321 e. The number of nitrogens with zero attached hydrogens (tertiary/aromatic N) is 1. The SMILES string of the molecule is Cc1cccnc1NC(=O)N[C@@H](C)C(=O)NC(C)(C)C. The molecule has 0 aromatic carbocycles. The maximum absolute atomic E-state index is 11.8. The van der Waals surface area contributed by atoms with E-state index in [9.17, 15) is 9.59 Å². The number of hydrogen-bond acceptors (Lipinski definition) is 3. The molecule has 0 unspecified atom stereocenters. The number of hydrogen-bond donors (Lipinski definition) is 3. The Morgan fingerprint density at radius 1 is 1.30 bits per heavy atom. The Labute approximate surface area is 119 Å². The highest BCUT2D eigenvalue weighted by atomic mass is 16.2. The van der Waals surface area contributed by atoms with Crippen LogP contribution in [0.3, 0.4) is 0 Å². The first-order valence-corrected chi connectivity index (χ1v) is 6.50. The molecular weight excluding hydrogens is 256 g/mol. The molecule has 1 heterocycles. The first-order valence-electron chi connectivity index (χ1n) is 6.50. The summed E-state index contributed by atoms with van der Waals surface area (Å²) in [4.78, 5) is 27.7. The van der Waals surface area contributed by atoms with Crippen LogP contribution in [0.5, 0.6) is 0 Å². The second kappa shape index (κ2) is 6.36. The average Bonchev–Trinajstić information content (AvgIpc) is 2.29. The van der Waals surface area contributed by atoms with Gasteiger partial charge in [0.05, 0.1) is 0 Å². The van der Waals surface area contributed by atoms with Gasteiger partial charge in [0.25, 0.3) is 0 Å². The average molecular weight is 278 g/mol. The summed E-state index contributed by atoms with van der Waals surface area (Å²) < 4.78 is 0. The van der Waals surface area contributed by atoms with Crippen LogP contribution in [0, 0.1) is 6.92 Å². The van der Waals surface area contributed by atoms with Crippen LogP contribution in [-0.2, 0) is 4.79 Å². The molecule has 6 heteroatoms. The molecule has 6 nitrogen and oxygen atoms in total. The van der Waals surface area contributed by atoms with Gasteiger partial charge in [-0.05, 0) is 46.2 Å². The zero-order chi connectivity index (χ0) is 15.3. The van der Waals surface area contributed by atoms with Crippen molar-refractivity contribution in [3.05, 3.63) is 23.9 Å². The van der Waals surface area contributed by atoms with Crippen LogP contribution in [0.4, 0.5) is 10.6 Å². The Morgan fingerprint density at radius 3 is 2.50 bits per heavy atom. The lowest BCUT2D eigenvalue weighted by molar-refractivity contribution is -0.123. The van der Waals surface area contributed by atoms with Crippen molar-refractivity contribution in [3.63, 3.8) is 0 Å². The van der Waals surface area contributed by atoms with Gasteiger partial charge in [-0.2, -0.15) is 0 Å². The molecule has 0 spiro atoms. The molecule has 1 aromatic rings. The molecule has 0 fully saturated rings. The molecule has 0 bridgehead atoms. The molecule has 0 saturated carbocycles. The maximum atomic E-state index is 11.8. The highest BCUT2D eigenvalue weighted by Crippen LogP contribution is 2.08. The second-order valence-corrected chi connectivity index (χ2v) is 5.73. The minimum absolute atomic E-state index is 0.231. The number of anilines is 1. The van der Waals surface area contributed by atoms with Gasteiger partial charge in [0, 0.05) is 11.7 Å². The Hall–Kier alpha value is -2.11. The summed E-state index contributed by atoms with van der Waals surface area (Å²) >= 11 is 0. The first-order chi connectivity index (χ1) is 9.19. The summed E-state index contributed by atoms with van der Waals surface area (Å²) in [5.74, 6) is 0.249. The molecule has 110 valence electrons. The van der Waals surface area contributed by atoms with Crippen molar-refractivity contribution in [1.82, 2.24) is 15.6 Å². The predicted molar refractivity (Wildman–Crippen MR) is 78.5 cm³/mol. The van der Waals surface area contributed by atoms with Crippen LogP contribution in [0.25, 0.3) is 0 Å². The molecule has 0 aliphatic rings.